The summed E-state index contributed by atoms with van der Waals surface area (Å²) in [5.74, 6) is -0.185. The highest BCUT2D eigenvalue weighted by Gasteiger charge is 2.28. The van der Waals surface area contributed by atoms with Gasteiger partial charge < -0.3 is 15.5 Å². The minimum Gasteiger partial charge on any atom is -0.338 e. The number of carbonyl (C=O) groups is 2. The van der Waals surface area contributed by atoms with Gasteiger partial charge in [-0.15, -0.1) is 10.2 Å². The average Bonchev–Trinajstić information content (AvgIpc) is 3.18. The van der Waals surface area contributed by atoms with E-state index in [0.29, 0.717) is 28.8 Å². The van der Waals surface area contributed by atoms with Gasteiger partial charge in [0.2, 0.25) is 5.01 Å². The van der Waals surface area contributed by atoms with Gasteiger partial charge in [-0.2, -0.15) is 0 Å². The third-order valence-corrected chi connectivity index (χ3v) is 5.66. The SMILES string of the molecule is CCCNC(=O)N1CCCC(c2nnc(C(=O)Nc3ccc(Cl)cc3)s2)C1. The molecule has 1 unspecified atom stereocenters. The van der Waals surface area contributed by atoms with Crippen molar-refractivity contribution in [2.75, 3.05) is 25.0 Å². The number of aromatic nitrogens is 2. The number of piperidine rings is 1. The van der Waals surface area contributed by atoms with Crippen LogP contribution in [0, 0.1) is 0 Å². The van der Waals surface area contributed by atoms with Crippen LogP contribution in [0.2, 0.25) is 5.02 Å². The molecule has 1 aliphatic heterocycles. The van der Waals surface area contributed by atoms with Crippen molar-refractivity contribution in [3.63, 3.8) is 0 Å². The molecule has 0 radical (unpaired) electrons. The molecule has 2 N–H and O–H groups in total. The van der Waals surface area contributed by atoms with Crippen molar-refractivity contribution in [1.29, 1.82) is 0 Å². The number of halogens is 1. The molecule has 0 saturated carbocycles. The van der Waals surface area contributed by atoms with E-state index in [-0.39, 0.29) is 17.9 Å². The molecule has 1 fully saturated rings. The number of carbonyl (C=O) groups excluding carboxylic acids is 2. The molecule has 0 bridgehead atoms. The van der Waals surface area contributed by atoms with Gasteiger partial charge in [-0.1, -0.05) is 29.9 Å². The molecule has 9 heteroatoms. The number of nitrogens with zero attached hydrogens (tertiary/aromatic N) is 3. The summed E-state index contributed by atoms with van der Waals surface area (Å²) >= 11 is 7.13. The fraction of sp³-hybridized carbons (Fsp3) is 0.444. The zero-order valence-electron chi connectivity index (χ0n) is 15.1. The van der Waals surface area contributed by atoms with Gasteiger partial charge in [0.1, 0.15) is 5.01 Å². The lowest BCUT2D eigenvalue weighted by Gasteiger charge is -2.31. The Labute approximate surface area is 167 Å². The Morgan fingerprint density at radius 2 is 2.07 bits per heavy atom. The molecule has 144 valence electrons. The van der Waals surface area contributed by atoms with E-state index in [9.17, 15) is 9.59 Å². The highest BCUT2D eigenvalue weighted by atomic mass is 35.5. The van der Waals surface area contributed by atoms with E-state index >= 15 is 0 Å². The first-order valence-electron chi connectivity index (χ1n) is 9.00. The Morgan fingerprint density at radius 3 is 2.81 bits per heavy atom. The van der Waals surface area contributed by atoms with Crippen LogP contribution in [-0.4, -0.2) is 46.7 Å². The maximum Gasteiger partial charge on any atom is 0.317 e. The number of likely N-dealkylation sites (tertiary alicyclic amines) is 1. The summed E-state index contributed by atoms with van der Waals surface area (Å²) in [7, 11) is 0. The quantitative estimate of drug-likeness (QED) is 0.790. The number of hydrogen-bond donors (Lipinski definition) is 2. The molecule has 0 aliphatic carbocycles. The summed E-state index contributed by atoms with van der Waals surface area (Å²) in [6, 6.07) is 6.85. The highest BCUT2D eigenvalue weighted by Crippen LogP contribution is 2.29. The number of benzene rings is 1. The first-order chi connectivity index (χ1) is 13.1. The smallest absolute Gasteiger partial charge is 0.317 e. The number of urea groups is 1. The van der Waals surface area contributed by atoms with Gasteiger partial charge in [0, 0.05) is 36.3 Å². The Morgan fingerprint density at radius 1 is 1.30 bits per heavy atom. The van der Waals surface area contributed by atoms with E-state index in [0.717, 1.165) is 30.8 Å². The monoisotopic (exact) mass is 407 g/mol. The van der Waals surface area contributed by atoms with Crippen molar-refractivity contribution in [2.45, 2.75) is 32.1 Å². The molecule has 2 aromatic rings. The van der Waals surface area contributed by atoms with Crippen LogP contribution in [0.4, 0.5) is 10.5 Å². The standard InChI is InChI=1S/C18H22ClN5O2S/c1-2-9-20-18(26)24-10-3-4-12(11-24)16-22-23-17(27-16)15(25)21-14-7-5-13(19)6-8-14/h5-8,12H,2-4,9-11H2,1H3,(H,20,26)(H,21,25). The van der Waals surface area contributed by atoms with E-state index in [1.165, 1.54) is 11.3 Å². The van der Waals surface area contributed by atoms with Crippen molar-refractivity contribution >= 4 is 40.6 Å². The van der Waals surface area contributed by atoms with Crippen molar-refractivity contribution in [3.05, 3.63) is 39.3 Å². The van der Waals surface area contributed by atoms with Crippen molar-refractivity contribution in [1.82, 2.24) is 20.4 Å². The van der Waals surface area contributed by atoms with Crippen LogP contribution < -0.4 is 10.6 Å². The van der Waals surface area contributed by atoms with Gasteiger partial charge in [-0.05, 0) is 43.5 Å². The summed E-state index contributed by atoms with van der Waals surface area (Å²) in [5, 5.41) is 15.6. The summed E-state index contributed by atoms with van der Waals surface area (Å²) in [4.78, 5) is 26.4. The molecular formula is C18H22ClN5O2S. The second-order valence-corrected chi connectivity index (χ2v) is 7.87. The fourth-order valence-corrected chi connectivity index (χ4v) is 3.91. The minimum absolute atomic E-state index is 0.0354. The summed E-state index contributed by atoms with van der Waals surface area (Å²) < 4.78 is 0. The van der Waals surface area contributed by atoms with E-state index in [1.807, 2.05) is 11.8 Å². The van der Waals surface area contributed by atoms with Crippen molar-refractivity contribution < 1.29 is 9.59 Å². The van der Waals surface area contributed by atoms with Crippen LogP contribution >= 0.6 is 22.9 Å². The van der Waals surface area contributed by atoms with Crippen molar-refractivity contribution in [2.24, 2.45) is 0 Å². The average molecular weight is 408 g/mol. The predicted molar refractivity (Wildman–Crippen MR) is 107 cm³/mol. The van der Waals surface area contributed by atoms with Gasteiger partial charge in [0.25, 0.3) is 5.91 Å². The fourth-order valence-electron chi connectivity index (χ4n) is 2.92. The number of nitrogens with one attached hydrogen (secondary N) is 2. The molecule has 2 heterocycles. The van der Waals surface area contributed by atoms with Crippen LogP contribution in [0.15, 0.2) is 24.3 Å². The molecule has 7 nitrogen and oxygen atoms in total. The topological polar surface area (TPSA) is 87.2 Å². The Balaban J connectivity index is 1.61. The molecule has 3 rings (SSSR count). The lowest BCUT2D eigenvalue weighted by Crippen LogP contribution is -2.45. The molecule has 1 aromatic carbocycles. The normalized spacial score (nSPS) is 16.8. The molecule has 27 heavy (non-hydrogen) atoms. The van der Waals surface area contributed by atoms with E-state index in [1.54, 1.807) is 24.3 Å². The number of amides is 3. The van der Waals surface area contributed by atoms with Crippen LogP contribution in [-0.2, 0) is 0 Å². The minimum atomic E-state index is -0.297. The van der Waals surface area contributed by atoms with Crippen LogP contribution in [0.3, 0.4) is 0 Å². The van der Waals surface area contributed by atoms with Gasteiger partial charge in [-0.25, -0.2) is 4.79 Å². The molecule has 1 atom stereocenters. The Bertz CT molecular complexity index is 795. The maximum absolute atomic E-state index is 12.4. The maximum atomic E-state index is 12.4. The van der Waals surface area contributed by atoms with Gasteiger partial charge in [0.05, 0.1) is 0 Å². The van der Waals surface area contributed by atoms with Gasteiger partial charge >= 0.3 is 6.03 Å². The van der Waals surface area contributed by atoms with Gasteiger partial charge in [0.15, 0.2) is 0 Å². The highest BCUT2D eigenvalue weighted by molar-refractivity contribution is 7.13. The number of rotatable bonds is 5. The first kappa shape index (κ1) is 19.6. The molecule has 0 spiro atoms. The van der Waals surface area contributed by atoms with E-state index in [4.69, 9.17) is 11.6 Å². The summed E-state index contributed by atoms with van der Waals surface area (Å²) in [6.07, 6.45) is 2.76. The Hall–Kier alpha value is -2.19. The van der Waals surface area contributed by atoms with Crippen LogP contribution in [0.1, 0.15) is 46.9 Å². The second kappa shape index (κ2) is 9.14. The van der Waals surface area contributed by atoms with Crippen LogP contribution in [0.25, 0.3) is 0 Å². The lowest BCUT2D eigenvalue weighted by molar-refractivity contribution is 0.102. The van der Waals surface area contributed by atoms with Gasteiger partial charge in [-0.3, -0.25) is 4.79 Å². The lowest BCUT2D eigenvalue weighted by atomic mass is 9.99. The zero-order chi connectivity index (χ0) is 19.2. The van der Waals surface area contributed by atoms with E-state index < -0.39 is 0 Å². The first-order valence-corrected chi connectivity index (χ1v) is 10.2. The van der Waals surface area contributed by atoms with Crippen molar-refractivity contribution in [3.8, 4) is 0 Å². The van der Waals surface area contributed by atoms with Crippen LogP contribution in [0.5, 0.6) is 0 Å². The second-order valence-electron chi connectivity index (χ2n) is 6.42. The Kier molecular flexibility index (Phi) is 6.63. The largest absolute Gasteiger partial charge is 0.338 e. The number of hydrogen-bond acceptors (Lipinski definition) is 5. The molecule has 1 saturated heterocycles. The molecule has 3 amide bonds. The molecular weight excluding hydrogens is 386 g/mol. The van der Waals surface area contributed by atoms with E-state index in [2.05, 4.69) is 20.8 Å². The third-order valence-electron chi connectivity index (χ3n) is 4.32. The zero-order valence-corrected chi connectivity index (χ0v) is 16.6. The summed E-state index contributed by atoms with van der Waals surface area (Å²) in [6.45, 7) is 4.04. The third kappa shape index (κ3) is 5.17. The predicted octanol–water partition coefficient (Wildman–Crippen LogP) is 3.74. The number of anilines is 1. The molecule has 1 aromatic heterocycles. The summed E-state index contributed by atoms with van der Waals surface area (Å²) in [5.41, 5.74) is 0.651. The molecule has 1 aliphatic rings.